The van der Waals surface area contributed by atoms with Gasteiger partial charge in [-0.3, -0.25) is 9.48 Å². The van der Waals surface area contributed by atoms with E-state index in [2.05, 4.69) is 5.10 Å². The summed E-state index contributed by atoms with van der Waals surface area (Å²) in [6, 6.07) is -0.0527. The van der Waals surface area contributed by atoms with Crippen LogP contribution in [-0.2, 0) is 6.54 Å². The molecule has 0 spiro atoms. The fourth-order valence-corrected chi connectivity index (χ4v) is 2.74. The van der Waals surface area contributed by atoms with Crippen molar-refractivity contribution in [3.63, 3.8) is 0 Å². The molecular weight excluding hydrogens is 256 g/mol. The maximum absolute atomic E-state index is 12.6. The Morgan fingerprint density at radius 3 is 3.05 bits per heavy atom. The first-order valence-corrected chi connectivity index (χ1v) is 7.33. The second-order valence-corrected chi connectivity index (χ2v) is 5.34. The largest absolute Gasteiger partial charge is 0.394 e. The van der Waals surface area contributed by atoms with Crippen molar-refractivity contribution < 1.29 is 9.90 Å². The summed E-state index contributed by atoms with van der Waals surface area (Å²) in [5, 5.41) is 13.7. The molecule has 3 N–H and O–H groups in total. The van der Waals surface area contributed by atoms with Crippen molar-refractivity contribution >= 4 is 5.91 Å². The van der Waals surface area contributed by atoms with Crippen LogP contribution >= 0.6 is 0 Å². The van der Waals surface area contributed by atoms with E-state index in [-0.39, 0.29) is 18.6 Å². The molecule has 6 heteroatoms. The van der Waals surface area contributed by atoms with Gasteiger partial charge >= 0.3 is 0 Å². The van der Waals surface area contributed by atoms with Crippen molar-refractivity contribution in [2.45, 2.75) is 45.2 Å². The molecule has 0 aromatic carbocycles. The number of amides is 1. The van der Waals surface area contributed by atoms with Crippen LogP contribution in [-0.4, -0.2) is 51.4 Å². The van der Waals surface area contributed by atoms with Crippen molar-refractivity contribution in [3.05, 3.63) is 17.5 Å². The molecule has 0 radical (unpaired) electrons. The number of aliphatic hydroxyl groups is 1. The van der Waals surface area contributed by atoms with E-state index in [9.17, 15) is 9.90 Å². The lowest BCUT2D eigenvalue weighted by atomic mass is 10.0. The summed E-state index contributed by atoms with van der Waals surface area (Å²) in [4.78, 5) is 14.4. The highest BCUT2D eigenvalue weighted by Crippen LogP contribution is 2.20. The average Bonchev–Trinajstić information content (AvgIpc) is 2.85. The van der Waals surface area contributed by atoms with Crippen molar-refractivity contribution in [1.82, 2.24) is 14.7 Å². The normalized spacial score (nSPS) is 19.4. The van der Waals surface area contributed by atoms with Gasteiger partial charge in [0.1, 0.15) is 0 Å². The molecule has 1 aliphatic heterocycles. The summed E-state index contributed by atoms with van der Waals surface area (Å²) in [6.07, 6.45) is 5.44. The molecule has 1 fully saturated rings. The van der Waals surface area contributed by atoms with Gasteiger partial charge in [0, 0.05) is 18.8 Å². The van der Waals surface area contributed by atoms with Crippen LogP contribution in [0.3, 0.4) is 0 Å². The first-order valence-electron chi connectivity index (χ1n) is 7.33. The van der Waals surface area contributed by atoms with Crippen molar-refractivity contribution in [1.29, 1.82) is 0 Å². The summed E-state index contributed by atoms with van der Waals surface area (Å²) in [6.45, 7) is 4.01. The summed E-state index contributed by atoms with van der Waals surface area (Å²) in [5.74, 6) is -0.0137. The van der Waals surface area contributed by atoms with Gasteiger partial charge in [-0.15, -0.1) is 0 Å². The van der Waals surface area contributed by atoms with Crippen molar-refractivity contribution in [2.75, 3.05) is 19.7 Å². The zero-order valence-electron chi connectivity index (χ0n) is 12.1. The van der Waals surface area contributed by atoms with Gasteiger partial charge in [0.15, 0.2) is 0 Å². The topological polar surface area (TPSA) is 84.4 Å². The third-order valence-corrected chi connectivity index (χ3v) is 4.01. The van der Waals surface area contributed by atoms with Crippen molar-refractivity contribution in [2.24, 2.45) is 5.73 Å². The molecule has 6 nitrogen and oxygen atoms in total. The number of aromatic nitrogens is 2. The van der Waals surface area contributed by atoms with Crippen LogP contribution in [0.15, 0.2) is 6.20 Å². The molecule has 1 aliphatic rings. The number of aryl methyl sites for hydroxylation is 1. The molecule has 2 rings (SSSR count). The number of carbonyl (C=O) groups is 1. The maximum atomic E-state index is 12.6. The Morgan fingerprint density at radius 1 is 1.55 bits per heavy atom. The summed E-state index contributed by atoms with van der Waals surface area (Å²) >= 11 is 0. The van der Waals surface area contributed by atoms with Gasteiger partial charge in [-0.1, -0.05) is 0 Å². The van der Waals surface area contributed by atoms with Crippen LogP contribution in [0.4, 0.5) is 0 Å². The number of likely N-dealkylation sites (tertiary alicyclic amines) is 1. The standard InChI is InChI=1S/C14H24N4O2/c1-11-13(9-16-18(11)8-4-6-15)14(20)17-7-3-2-5-12(17)10-19/h9,12,19H,2-8,10,15H2,1H3. The van der Waals surface area contributed by atoms with Gasteiger partial charge in [-0.05, 0) is 39.2 Å². The lowest BCUT2D eigenvalue weighted by Crippen LogP contribution is -2.45. The van der Waals surface area contributed by atoms with Crippen LogP contribution < -0.4 is 5.73 Å². The van der Waals surface area contributed by atoms with Crippen LogP contribution in [0.25, 0.3) is 0 Å². The Balaban J connectivity index is 2.13. The number of piperidine rings is 1. The number of rotatable bonds is 5. The maximum Gasteiger partial charge on any atom is 0.257 e. The first kappa shape index (κ1) is 15.0. The first-order chi connectivity index (χ1) is 9.69. The Labute approximate surface area is 119 Å². The highest BCUT2D eigenvalue weighted by molar-refractivity contribution is 5.95. The molecule has 1 amide bonds. The van der Waals surface area contributed by atoms with Gasteiger partial charge in [-0.25, -0.2) is 0 Å². The molecule has 1 atom stereocenters. The zero-order chi connectivity index (χ0) is 14.5. The van der Waals surface area contributed by atoms with E-state index in [0.717, 1.165) is 44.5 Å². The Hall–Kier alpha value is -1.40. The van der Waals surface area contributed by atoms with Crippen LogP contribution in [0, 0.1) is 6.92 Å². The van der Waals surface area contributed by atoms with E-state index in [4.69, 9.17) is 5.73 Å². The van der Waals surface area contributed by atoms with Gasteiger partial charge < -0.3 is 15.7 Å². The fraction of sp³-hybridized carbons (Fsp3) is 0.714. The lowest BCUT2D eigenvalue weighted by molar-refractivity contribution is 0.0502. The second kappa shape index (κ2) is 6.85. The monoisotopic (exact) mass is 280 g/mol. The summed E-state index contributed by atoms with van der Waals surface area (Å²) in [5.41, 5.74) is 7.02. The molecule has 0 bridgehead atoms. The Morgan fingerprint density at radius 2 is 2.35 bits per heavy atom. The number of nitrogens with zero attached hydrogens (tertiary/aromatic N) is 3. The minimum absolute atomic E-state index is 0.0137. The molecule has 1 aromatic rings. The van der Waals surface area contributed by atoms with E-state index in [1.165, 1.54) is 0 Å². The van der Waals surface area contributed by atoms with Gasteiger partial charge in [0.05, 0.1) is 24.4 Å². The molecule has 20 heavy (non-hydrogen) atoms. The molecule has 2 heterocycles. The zero-order valence-corrected chi connectivity index (χ0v) is 12.1. The van der Waals surface area contributed by atoms with Crippen molar-refractivity contribution in [3.8, 4) is 0 Å². The smallest absolute Gasteiger partial charge is 0.257 e. The summed E-state index contributed by atoms with van der Waals surface area (Å²) < 4.78 is 1.83. The predicted octanol–water partition coefficient (Wildman–Crippen LogP) is 0.527. The minimum atomic E-state index is -0.0527. The number of aliphatic hydroxyl groups excluding tert-OH is 1. The van der Waals surface area contributed by atoms with Crippen LogP contribution in [0.2, 0.25) is 0 Å². The van der Waals surface area contributed by atoms with E-state index < -0.39 is 0 Å². The SMILES string of the molecule is Cc1c(C(=O)N2CCCCC2CO)cnn1CCCN. The average molecular weight is 280 g/mol. The lowest BCUT2D eigenvalue weighted by Gasteiger charge is -2.34. The fourth-order valence-electron chi connectivity index (χ4n) is 2.74. The molecule has 1 unspecified atom stereocenters. The molecule has 0 aliphatic carbocycles. The van der Waals surface area contributed by atoms with E-state index in [1.807, 2.05) is 11.6 Å². The third-order valence-electron chi connectivity index (χ3n) is 4.01. The molecule has 0 saturated carbocycles. The minimum Gasteiger partial charge on any atom is -0.394 e. The Bertz CT molecular complexity index is 458. The van der Waals surface area contributed by atoms with Gasteiger partial charge in [0.25, 0.3) is 5.91 Å². The predicted molar refractivity (Wildman–Crippen MR) is 76.4 cm³/mol. The highest BCUT2D eigenvalue weighted by atomic mass is 16.3. The quantitative estimate of drug-likeness (QED) is 0.824. The molecule has 1 aromatic heterocycles. The van der Waals surface area contributed by atoms with E-state index in [1.54, 1.807) is 11.1 Å². The summed E-state index contributed by atoms with van der Waals surface area (Å²) in [7, 11) is 0. The molecular formula is C14H24N4O2. The molecule has 112 valence electrons. The van der Waals surface area contributed by atoms with E-state index >= 15 is 0 Å². The van der Waals surface area contributed by atoms with Crippen LogP contribution in [0.1, 0.15) is 41.7 Å². The van der Waals surface area contributed by atoms with Gasteiger partial charge in [-0.2, -0.15) is 5.10 Å². The highest BCUT2D eigenvalue weighted by Gasteiger charge is 2.28. The second-order valence-electron chi connectivity index (χ2n) is 5.34. The number of hydrogen-bond acceptors (Lipinski definition) is 4. The Kier molecular flexibility index (Phi) is 5.14. The van der Waals surface area contributed by atoms with E-state index in [0.29, 0.717) is 12.1 Å². The number of hydrogen-bond donors (Lipinski definition) is 2. The van der Waals surface area contributed by atoms with Gasteiger partial charge in [0.2, 0.25) is 0 Å². The third kappa shape index (κ3) is 3.02. The molecule has 1 saturated heterocycles. The number of nitrogens with two attached hydrogens (primary N) is 1. The van der Waals surface area contributed by atoms with Crippen LogP contribution in [0.5, 0.6) is 0 Å². The number of carbonyl (C=O) groups excluding carboxylic acids is 1.